The lowest BCUT2D eigenvalue weighted by molar-refractivity contribution is -0.0661. The third kappa shape index (κ3) is 3.40. The quantitative estimate of drug-likeness (QED) is 0.873. The monoisotopic (exact) mass is 240 g/mol. The lowest BCUT2D eigenvalue weighted by Crippen LogP contribution is -2.41. The molecule has 1 heterocycles. The molecule has 0 atom stereocenters. The Morgan fingerprint density at radius 1 is 1.41 bits per heavy atom. The second-order valence-corrected chi connectivity index (χ2v) is 4.62. The lowest BCUT2D eigenvalue weighted by atomic mass is 10.1. The highest BCUT2D eigenvalue weighted by Gasteiger charge is 2.34. The van der Waals surface area contributed by atoms with Crippen molar-refractivity contribution in [3.8, 4) is 0 Å². The lowest BCUT2D eigenvalue weighted by Gasteiger charge is -2.32. The van der Waals surface area contributed by atoms with Gasteiger partial charge in [0.1, 0.15) is 0 Å². The normalized spacial score (nSPS) is 20.2. The number of benzene rings is 1. The fourth-order valence-electron chi connectivity index (χ4n) is 2.26. The van der Waals surface area contributed by atoms with Crippen LogP contribution in [-0.4, -0.2) is 31.0 Å². The standard InChI is InChI=1S/C13H18F2N2/c1-16-12-5-2-4-11(8-12)9-17-7-3-6-13(14,15)10-17/h2,4-5,8,16H,3,6-7,9-10H2,1H3. The predicted molar refractivity (Wildman–Crippen MR) is 65.4 cm³/mol. The van der Waals surface area contributed by atoms with Gasteiger partial charge in [0.05, 0.1) is 6.54 Å². The molecule has 4 heteroatoms. The number of alkyl halides is 2. The zero-order valence-corrected chi connectivity index (χ0v) is 10.0. The maximum absolute atomic E-state index is 13.2. The molecule has 0 saturated carbocycles. The molecule has 0 bridgehead atoms. The molecule has 2 nitrogen and oxygen atoms in total. The first-order valence-electron chi connectivity index (χ1n) is 5.96. The van der Waals surface area contributed by atoms with Crippen LogP contribution < -0.4 is 5.32 Å². The molecular formula is C13H18F2N2. The van der Waals surface area contributed by atoms with Gasteiger partial charge >= 0.3 is 0 Å². The van der Waals surface area contributed by atoms with Gasteiger partial charge in [-0.2, -0.15) is 0 Å². The molecule has 0 unspecified atom stereocenters. The largest absolute Gasteiger partial charge is 0.388 e. The number of nitrogens with one attached hydrogen (secondary N) is 1. The molecule has 0 spiro atoms. The van der Waals surface area contributed by atoms with Gasteiger partial charge < -0.3 is 5.32 Å². The number of anilines is 1. The molecule has 0 radical (unpaired) electrons. The van der Waals surface area contributed by atoms with Crippen LogP contribution in [0.1, 0.15) is 18.4 Å². The van der Waals surface area contributed by atoms with Crippen LogP contribution in [0.15, 0.2) is 24.3 Å². The van der Waals surface area contributed by atoms with Gasteiger partial charge in [0.15, 0.2) is 0 Å². The Morgan fingerprint density at radius 2 is 2.24 bits per heavy atom. The molecule has 1 N–H and O–H groups in total. The highest BCUT2D eigenvalue weighted by molar-refractivity contribution is 5.44. The number of rotatable bonds is 3. The van der Waals surface area contributed by atoms with Crippen LogP contribution in [0.4, 0.5) is 14.5 Å². The van der Waals surface area contributed by atoms with E-state index in [1.54, 1.807) is 0 Å². The summed E-state index contributed by atoms with van der Waals surface area (Å²) in [5.41, 5.74) is 2.10. The maximum atomic E-state index is 13.2. The van der Waals surface area contributed by atoms with Crippen molar-refractivity contribution in [2.24, 2.45) is 0 Å². The Balaban J connectivity index is 2.00. The summed E-state index contributed by atoms with van der Waals surface area (Å²) in [6, 6.07) is 7.90. The van der Waals surface area contributed by atoms with Gasteiger partial charge in [-0.25, -0.2) is 8.78 Å². The van der Waals surface area contributed by atoms with E-state index in [0.29, 0.717) is 13.0 Å². The van der Waals surface area contributed by atoms with Crippen LogP contribution in [0.5, 0.6) is 0 Å². The second kappa shape index (κ2) is 5.00. The van der Waals surface area contributed by atoms with E-state index in [-0.39, 0.29) is 13.0 Å². The molecule has 17 heavy (non-hydrogen) atoms. The number of piperidine rings is 1. The zero-order valence-electron chi connectivity index (χ0n) is 10.0. The van der Waals surface area contributed by atoms with Gasteiger partial charge in [-0.1, -0.05) is 12.1 Å². The van der Waals surface area contributed by atoms with E-state index in [2.05, 4.69) is 5.32 Å². The van der Waals surface area contributed by atoms with E-state index in [0.717, 1.165) is 17.8 Å². The van der Waals surface area contributed by atoms with Crippen molar-refractivity contribution in [2.45, 2.75) is 25.3 Å². The van der Waals surface area contributed by atoms with Crippen molar-refractivity contribution in [3.05, 3.63) is 29.8 Å². The van der Waals surface area contributed by atoms with Crippen molar-refractivity contribution in [2.75, 3.05) is 25.5 Å². The van der Waals surface area contributed by atoms with Gasteiger partial charge in [-0.05, 0) is 30.7 Å². The molecule has 1 aromatic carbocycles. The summed E-state index contributed by atoms with van der Waals surface area (Å²) in [6.07, 6.45) is 0.610. The number of hydrogen-bond acceptors (Lipinski definition) is 2. The molecule has 1 aliphatic rings. The minimum Gasteiger partial charge on any atom is -0.388 e. The first-order valence-corrected chi connectivity index (χ1v) is 5.96. The van der Waals surface area contributed by atoms with E-state index in [4.69, 9.17) is 0 Å². The molecule has 0 amide bonds. The fraction of sp³-hybridized carbons (Fsp3) is 0.538. The average Bonchev–Trinajstić information content (AvgIpc) is 2.28. The molecular weight excluding hydrogens is 222 g/mol. The fourth-order valence-corrected chi connectivity index (χ4v) is 2.26. The van der Waals surface area contributed by atoms with Crippen molar-refractivity contribution in [3.63, 3.8) is 0 Å². The summed E-state index contributed by atoms with van der Waals surface area (Å²) < 4.78 is 26.5. The summed E-state index contributed by atoms with van der Waals surface area (Å²) in [4.78, 5) is 1.83. The molecule has 1 saturated heterocycles. The minimum atomic E-state index is -2.52. The molecule has 0 aromatic heterocycles. The average molecular weight is 240 g/mol. The molecule has 2 rings (SSSR count). The van der Waals surface area contributed by atoms with Crippen LogP contribution in [0.25, 0.3) is 0 Å². The van der Waals surface area contributed by atoms with Gasteiger partial charge in [0.25, 0.3) is 5.92 Å². The van der Waals surface area contributed by atoms with Crippen molar-refractivity contribution >= 4 is 5.69 Å². The van der Waals surface area contributed by atoms with Crippen molar-refractivity contribution in [1.29, 1.82) is 0 Å². The van der Waals surface area contributed by atoms with Gasteiger partial charge in [0, 0.05) is 25.7 Å². The van der Waals surface area contributed by atoms with Crippen LogP contribution >= 0.6 is 0 Å². The topological polar surface area (TPSA) is 15.3 Å². The summed E-state index contributed by atoms with van der Waals surface area (Å²) in [5, 5.41) is 3.05. The number of likely N-dealkylation sites (tertiary alicyclic amines) is 1. The summed E-state index contributed by atoms with van der Waals surface area (Å²) in [5.74, 6) is -2.52. The summed E-state index contributed by atoms with van der Waals surface area (Å²) in [7, 11) is 1.86. The molecule has 1 aromatic rings. The summed E-state index contributed by atoms with van der Waals surface area (Å²) in [6.45, 7) is 1.25. The zero-order chi connectivity index (χ0) is 12.3. The van der Waals surface area contributed by atoms with Gasteiger partial charge in [0.2, 0.25) is 0 Å². The highest BCUT2D eigenvalue weighted by atomic mass is 19.3. The minimum absolute atomic E-state index is 0.0278. The Bertz CT molecular complexity index is 379. The van der Waals surface area contributed by atoms with Gasteiger partial charge in [-0.3, -0.25) is 4.90 Å². The van der Waals surface area contributed by atoms with E-state index in [1.165, 1.54) is 0 Å². The Labute approximate surface area is 101 Å². The molecule has 1 aliphatic heterocycles. The number of halogens is 2. The molecule has 0 aliphatic carbocycles. The van der Waals surface area contributed by atoms with Crippen LogP contribution in [0.2, 0.25) is 0 Å². The summed E-state index contributed by atoms with van der Waals surface area (Å²) >= 11 is 0. The van der Waals surface area contributed by atoms with E-state index in [9.17, 15) is 8.78 Å². The van der Waals surface area contributed by atoms with Crippen LogP contribution in [-0.2, 0) is 6.54 Å². The van der Waals surface area contributed by atoms with Crippen LogP contribution in [0, 0.1) is 0 Å². The van der Waals surface area contributed by atoms with Crippen molar-refractivity contribution in [1.82, 2.24) is 4.90 Å². The molecule has 1 fully saturated rings. The number of hydrogen-bond donors (Lipinski definition) is 1. The Hall–Kier alpha value is -1.16. The third-order valence-corrected chi connectivity index (χ3v) is 3.09. The Morgan fingerprint density at radius 3 is 2.94 bits per heavy atom. The van der Waals surface area contributed by atoms with E-state index in [1.807, 2.05) is 36.2 Å². The predicted octanol–water partition coefficient (Wildman–Crippen LogP) is 2.96. The van der Waals surface area contributed by atoms with Crippen LogP contribution in [0.3, 0.4) is 0 Å². The highest BCUT2D eigenvalue weighted by Crippen LogP contribution is 2.27. The van der Waals surface area contributed by atoms with Crippen molar-refractivity contribution < 1.29 is 8.78 Å². The third-order valence-electron chi connectivity index (χ3n) is 3.09. The molecule has 94 valence electrons. The Kier molecular flexibility index (Phi) is 3.62. The van der Waals surface area contributed by atoms with E-state index < -0.39 is 5.92 Å². The second-order valence-electron chi connectivity index (χ2n) is 4.62. The van der Waals surface area contributed by atoms with Gasteiger partial charge in [-0.15, -0.1) is 0 Å². The SMILES string of the molecule is CNc1cccc(CN2CCCC(F)(F)C2)c1. The first-order chi connectivity index (χ1) is 8.09. The smallest absolute Gasteiger partial charge is 0.260 e. The number of nitrogens with zero attached hydrogens (tertiary/aromatic N) is 1. The maximum Gasteiger partial charge on any atom is 0.260 e. The first kappa shape index (κ1) is 12.3. The van der Waals surface area contributed by atoms with E-state index >= 15 is 0 Å².